The summed E-state index contributed by atoms with van der Waals surface area (Å²) in [4.78, 5) is 13.6. The molecule has 0 saturated heterocycles. The zero-order valence-corrected chi connectivity index (χ0v) is 12.1. The van der Waals surface area contributed by atoms with Gasteiger partial charge in [-0.3, -0.25) is 4.79 Å². The van der Waals surface area contributed by atoms with E-state index in [4.69, 9.17) is 5.73 Å². The maximum Gasteiger partial charge on any atom is 0.251 e. The second-order valence-corrected chi connectivity index (χ2v) is 5.64. The Balaban J connectivity index is 2.20. The lowest BCUT2D eigenvalue weighted by atomic mass is 10.0. The fourth-order valence-electron chi connectivity index (χ4n) is 2.88. The van der Waals surface area contributed by atoms with E-state index in [-0.39, 0.29) is 5.91 Å². The van der Waals surface area contributed by atoms with E-state index in [0.717, 1.165) is 31.4 Å². The van der Waals surface area contributed by atoms with E-state index in [1.807, 2.05) is 11.9 Å². The van der Waals surface area contributed by atoms with E-state index >= 15 is 0 Å². The molecule has 0 heterocycles. The molecule has 0 spiro atoms. The highest BCUT2D eigenvalue weighted by Crippen LogP contribution is 2.32. The number of nitrogens with two attached hydrogens (primary N) is 1. The lowest BCUT2D eigenvalue weighted by Gasteiger charge is -2.31. The quantitative estimate of drug-likeness (QED) is 0.726. The molecule has 110 valence electrons. The second kappa shape index (κ2) is 5.71. The van der Waals surface area contributed by atoms with Crippen LogP contribution in [0, 0.1) is 0 Å². The first-order chi connectivity index (χ1) is 9.45. The maximum atomic E-state index is 11.7. The minimum absolute atomic E-state index is 0.140. The fourth-order valence-corrected chi connectivity index (χ4v) is 2.88. The Hall–Kier alpha value is -1.75. The number of nitrogen functional groups attached to an aromatic ring is 1. The smallest absolute Gasteiger partial charge is 0.251 e. The van der Waals surface area contributed by atoms with Crippen molar-refractivity contribution in [3.8, 4) is 0 Å². The standard InChI is InChI=1S/C15H23N3O2/c1-17-14(19)11-5-6-12(16)13(9-11)18(2)10-15(20)7-3-4-8-15/h5-6,9,20H,3-4,7-8,10,16H2,1-2H3,(H,17,19). The summed E-state index contributed by atoms with van der Waals surface area (Å²) in [5.74, 6) is -0.140. The van der Waals surface area contributed by atoms with E-state index in [1.165, 1.54) is 0 Å². The minimum atomic E-state index is -0.635. The summed E-state index contributed by atoms with van der Waals surface area (Å²) in [5.41, 5.74) is 7.33. The van der Waals surface area contributed by atoms with Crippen LogP contribution in [0.4, 0.5) is 11.4 Å². The van der Waals surface area contributed by atoms with Crippen LogP contribution in [-0.4, -0.2) is 37.3 Å². The molecular formula is C15H23N3O2. The molecule has 0 bridgehead atoms. The third-order valence-corrected chi connectivity index (χ3v) is 4.00. The number of benzene rings is 1. The number of anilines is 2. The van der Waals surface area contributed by atoms with Crippen LogP contribution in [0.25, 0.3) is 0 Å². The van der Waals surface area contributed by atoms with Gasteiger partial charge in [0.2, 0.25) is 0 Å². The van der Waals surface area contributed by atoms with E-state index in [0.29, 0.717) is 17.8 Å². The molecule has 5 heteroatoms. The molecule has 1 aromatic carbocycles. The summed E-state index contributed by atoms with van der Waals surface area (Å²) >= 11 is 0. The molecule has 1 aliphatic rings. The van der Waals surface area contributed by atoms with E-state index in [9.17, 15) is 9.90 Å². The number of aliphatic hydroxyl groups is 1. The number of nitrogens with zero attached hydrogens (tertiary/aromatic N) is 1. The zero-order valence-electron chi connectivity index (χ0n) is 12.1. The van der Waals surface area contributed by atoms with Gasteiger partial charge in [0.05, 0.1) is 17.0 Å². The molecule has 0 unspecified atom stereocenters. The third-order valence-electron chi connectivity index (χ3n) is 4.00. The largest absolute Gasteiger partial charge is 0.397 e. The Morgan fingerprint density at radius 1 is 1.45 bits per heavy atom. The number of carbonyl (C=O) groups excluding carboxylic acids is 1. The second-order valence-electron chi connectivity index (χ2n) is 5.64. The van der Waals surface area contributed by atoms with Crippen LogP contribution in [0.3, 0.4) is 0 Å². The highest BCUT2D eigenvalue weighted by Gasteiger charge is 2.32. The average Bonchev–Trinajstić information content (AvgIpc) is 2.84. The molecule has 1 saturated carbocycles. The molecule has 0 aromatic heterocycles. The number of carbonyl (C=O) groups is 1. The van der Waals surface area contributed by atoms with Crippen molar-refractivity contribution in [1.29, 1.82) is 0 Å². The van der Waals surface area contributed by atoms with E-state index in [2.05, 4.69) is 5.32 Å². The van der Waals surface area contributed by atoms with Crippen molar-refractivity contribution in [3.05, 3.63) is 23.8 Å². The average molecular weight is 277 g/mol. The Labute approximate surface area is 119 Å². The van der Waals surface area contributed by atoms with E-state index in [1.54, 1.807) is 25.2 Å². The van der Waals surface area contributed by atoms with Gasteiger partial charge in [0, 0.05) is 26.2 Å². The van der Waals surface area contributed by atoms with Gasteiger partial charge >= 0.3 is 0 Å². The normalized spacial score (nSPS) is 16.9. The number of rotatable bonds is 4. The summed E-state index contributed by atoms with van der Waals surface area (Å²) in [5, 5.41) is 13.1. The molecule has 0 atom stereocenters. The molecule has 20 heavy (non-hydrogen) atoms. The molecule has 1 aliphatic carbocycles. The number of amides is 1. The van der Waals surface area contributed by atoms with Gasteiger partial charge < -0.3 is 21.1 Å². The first-order valence-electron chi connectivity index (χ1n) is 7.00. The van der Waals surface area contributed by atoms with Crippen molar-refractivity contribution < 1.29 is 9.90 Å². The van der Waals surface area contributed by atoms with Gasteiger partial charge in [-0.05, 0) is 31.0 Å². The van der Waals surface area contributed by atoms with Crippen molar-refractivity contribution in [1.82, 2.24) is 5.32 Å². The van der Waals surface area contributed by atoms with Gasteiger partial charge in [0.15, 0.2) is 0 Å². The molecule has 1 amide bonds. The highest BCUT2D eigenvalue weighted by molar-refractivity contribution is 5.96. The summed E-state index contributed by atoms with van der Waals surface area (Å²) in [6.07, 6.45) is 3.79. The van der Waals surface area contributed by atoms with Crippen LogP contribution in [0.5, 0.6) is 0 Å². The predicted molar refractivity (Wildman–Crippen MR) is 80.9 cm³/mol. The van der Waals surface area contributed by atoms with Crippen LogP contribution in [0.1, 0.15) is 36.0 Å². The van der Waals surface area contributed by atoms with Gasteiger partial charge in [0.1, 0.15) is 0 Å². The molecule has 0 aliphatic heterocycles. The Bertz CT molecular complexity index is 496. The number of nitrogens with one attached hydrogen (secondary N) is 1. The Morgan fingerprint density at radius 2 is 2.10 bits per heavy atom. The summed E-state index contributed by atoms with van der Waals surface area (Å²) in [7, 11) is 3.50. The maximum absolute atomic E-state index is 11.7. The Kier molecular flexibility index (Phi) is 4.18. The molecule has 0 radical (unpaired) electrons. The van der Waals surface area contributed by atoms with Gasteiger partial charge in [0.25, 0.3) is 5.91 Å². The van der Waals surface area contributed by atoms with Crippen LogP contribution >= 0.6 is 0 Å². The van der Waals surface area contributed by atoms with E-state index < -0.39 is 5.60 Å². The summed E-state index contributed by atoms with van der Waals surface area (Å²) in [6.45, 7) is 0.536. The molecule has 5 nitrogen and oxygen atoms in total. The predicted octanol–water partition coefficient (Wildman–Crippen LogP) is 1.37. The van der Waals surface area contributed by atoms with Crippen LogP contribution in [0.2, 0.25) is 0 Å². The van der Waals surface area contributed by atoms with Crippen LogP contribution in [-0.2, 0) is 0 Å². The van der Waals surface area contributed by atoms with Crippen molar-refractivity contribution >= 4 is 17.3 Å². The lowest BCUT2D eigenvalue weighted by molar-refractivity contribution is 0.0559. The zero-order chi connectivity index (χ0) is 14.8. The van der Waals surface area contributed by atoms with Crippen molar-refractivity contribution in [3.63, 3.8) is 0 Å². The van der Waals surface area contributed by atoms with Gasteiger partial charge in [-0.15, -0.1) is 0 Å². The first kappa shape index (κ1) is 14.7. The van der Waals surface area contributed by atoms with Crippen molar-refractivity contribution in [2.75, 3.05) is 31.3 Å². The molecule has 2 rings (SSSR count). The first-order valence-corrected chi connectivity index (χ1v) is 7.00. The van der Waals surface area contributed by atoms with Crippen LogP contribution < -0.4 is 16.0 Å². The van der Waals surface area contributed by atoms with Crippen molar-refractivity contribution in [2.45, 2.75) is 31.3 Å². The van der Waals surface area contributed by atoms with Crippen molar-refractivity contribution in [2.24, 2.45) is 0 Å². The van der Waals surface area contributed by atoms with Gasteiger partial charge in [-0.1, -0.05) is 12.8 Å². The third kappa shape index (κ3) is 3.04. The number of hydrogen-bond acceptors (Lipinski definition) is 4. The molecule has 1 fully saturated rings. The summed E-state index contributed by atoms with van der Waals surface area (Å²) < 4.78 is 0. The lowest BCUT2D eigenvalue weighted by Crippen LogP contribution is -2.39. The molecular weight excluding hydrogens is 254 g/mol. The van der Waals surface area contributed by atoms with Gasteiger partial charge in [-0.25, -0.2) is 0 Å². The Morgan fingerprint density at radius 3 is 2.70 bits per heavy atom. The topological polar surface area (TPSA) is 78.6 Å². The minimum Gasteiger partial charge on any atom is -0.397 e. The van der Waals surface area contributed by atoms with Gasteiger partial charge in [-0.2, -0.15) is 0 Å². The SMILES string of the molecule is CNC(=O)c1ccc(N)c(N(C)CC2(O)CCCC2)c1. The number of likely N-dealkylation sites (N-methyl/N-ethyl adjacent to an activating group) is 1. The molecule has 1 aromatic rings. The number of hydrogen-bond donors (Lipinski definition) is 3. The highest BCUT2D eigenvalue weighted by atomic mass is 16.3. The molecule has 4 N–H and O–H groups in total. The summed E-state index contributed by atoms with van der Waals surface area (Å²) in [6, 6.07) is 5.21. The monoisotopic (exact) mass is 277 g/mol. The van der Waals surface area contributed by atoms with Crippen LogP contribution in [0.15, 0.2) is 18.2 Å². The fraction of sp³-hybridized carbons (Fsp3) is 0.533.